The molecule has 0 aliphatic heterocycles. The molecule has 1 rings (SSSR count). The molecule has 0 heterocycles. The van der Waals surface area contributed by atoms with Crippen molar-refractivity contribution in [3.8, 4) is 0 Å². The molecule has 2 heteroatoms. The van der Waals surface area contributed by atoms with Crippen LogP contribution in [0.5, 0.6) is 0 Å². The lowest BCUT2D eigenvalue weighted by Gasteiger charge is -2.02. The van der Waals surface area contributed by atoms with Crippen LogP contribution in [0, 0.1) is 0 Å². The SMILES string of the molecule is CCNc1ccc(C[O])cc1. The van der Waals surface area contributed by atoms with Crippen LogP contribution in [0.3, 0.4) is 0 Å². The van der Waals surface area contributed by atoms with Crippen LogP contribution in [0.2, 0.25) is 0 Å². The monoisotopic (exact) mass is 150 g/mol. The molecule has 0 atom stereocenters. The van der Waals surface area contributed by atoms with Crippen molar-refractivity contribution in [1.29, 1.82) is 0 Å². The van der Waals surface area contributed by atoms with Crippen molar-refractivity contribution in [2.45, 2.75) is 13.5 Å². The molecule has 2 nitrogen and oxygen atoms in total. The molecule has 0 saturated heterocycles. The van der Waals surface area contributed by atoms with E-state index in [1.165, 1.54) is 0 Å². The van der Waals surface area contributed by atoms with Gasteiger partial charge in [-0.2, -0.15) is 0 Å². The Morgan fingerprint density at radius 1 is 1.27 bits per heavy atom. The molecule has 0 amide bonds. The van der Waals surface area contributed by atoms with Crippen molar-refractivity contribution in [3.05, 3.63) is 29.8 Å². The Morgan fingerprint density at radius 2 is 1.91 bits per heavy atom. The van der Waals surface area contributed by atoms with E-state index in [4.69, 9.17) is 0 Å². The summed E-state index contributed by atoms with van der Waals surface area (Å²) >= 11 is 0. The molecule has 59 valence electrons. The first kappa shape index (κ1) is 8.08. The second kappa shape index (κ2) is 3.98. The highest BCUT2D eigenvalue weighted by Gasteiger charge is 1.90. The van der Waals surface area contributed by atoms with E-state index in [-0.39, 0.29) is 6.61 Å². The van der Waals surface area contributed by atoms with Gasteiger partial charge >= 0.3 is 0 Å². The molecule has 0 aliphatic carbocycles. The van der Waals surface area contributed by atoms with Crippen LogP contribution < -0.4 is 5.32 Å². The highest BCUT2D eigenvalue weighted by molar-refractivity contribution is 5.44. The van der Waals surface area contributed by atoms with Crippen molar-refractivity contribution in [2.24, 2.45) is 0 Å². The molecule has 11 heavy (non-hydrogen) atoms. The van der Waals surface area contributed by atoms with Crippen LogP contribution in [-0.2, 0) is 11.7 Å². The zero-order valence-corrected chi connectivity index (χ0v) is 6.63. The summed E-state index contributed by atoms with van der Waals surface area (Å²) in [5.74, 6) is 0. The Kier molecular flexibility index (Phi) is 2.93. The van der Waals surface area contributed by atoms with Crippen LogP contribution >= 0.6 is 0 Å². The maximum Gasteiger partial charge on any atom is 0.107 e. The Morgan fingerprint density at radius 3 is 2.36 bits per heavy atom. The van der Waals surface area contributed by atoms with Gasteiger partial charge in [0.25, 0.3) is 0 Å². The summed E-state index contributed by atoms with van der Waals surface area (Å²) in [5.41, 5.74) is 1.91. The molecule has 0 bridgehead atoms. The number of anilines is 1. The minimum Gasteiger partial charge on any atom is -0.385 e. The van der Waals surface area contributed by atoms with Gasteiger partial charge in [0.15, 0.2) is 0 Å². The average molecular weight is 150 g/mol. The van der Waals surface area contributed by atoms with Crippen molar-refractivity contribution in [1.82, 2.24) is 0 Å². The fraction of sp³-hybridized carbons (Fsp3) is 0.333. The van der Waals surface area contributed by atoms with Crippen molar-refractivity contribution < 1.29 is 5.11 Å². The first-order valence-corrected chi connectivity index (χ1v) is 3.77. The Labute approximate surface area is 66.9 Å². The summed E-state index contributed by atoms with van der Waals surface area (Å²) in [6, 6.07) is 7.56. The summed E-state index contributed by atoms with van der Waals surface area (Å²) in [6.07, 6.45) is 0. The standard InChI is InChI=1S/C9H12NO/c1-2-10-9-5-3-8(7-11)4-6-9/h3-6,10H,2,7H2,1H3. The van der Waals surface area contributed by atoms with E-state index in [9.17, 15) is 5.11 Å². The first-order chi connectivity index (χ1) is 5.36. The minimum absolute atomic E-state index is 0.133. The van der Waals surface area contributed by atoms with E-state index in [1.807, 2.05) is 31.2 Å². The minimum atomic E-state index is -0.133. The molecule has 1 N–H and O–H groups in total. The molecule has 1 radical (unpaired) electrons. The largest absolute Gasteiger partial charge is 0.385 e. The third kappa shape index (κ3) is 2.24. The molecule has 0 spiro atoms. The van der Waals surface area contributed by atoms with Crippen LogP contribution in [0.25, 0.3) is 0 Å². The molecule has 0 unspecified atom stereocenters. The molecule has 0 aliphatic rings. The first-order valence-electron chi connectivity index (χ1n) is 3.77. The molecular weight excluding hydrogens is 138 g/mol. The van der Waals surface area contributed by atoms with Crippen LogP contribution in [-0.4, -0.2) is 6.54 Å². The topological polar surface area (TPSA) is 31.9 Å². The van der Waals surface area contributed by atoms with Crippen molar-refractivity contribution in [2.75, 3.05) is 11.9 Å². The molecule has 1 aromatic carbocycles. The van der Waals surface area contributed by atoms with Crippen molar-refractivity contribution >= 4 is 5.69 Å². The van der Waals surface area contributed by atoms with Gasteiger partial charge in [0, 0.05) is 12.2 Å². The number of hydrogen-bond donors (Lipinski definition) is 1. The van der Waals surface area contributed by atoms with Gasteiger partial charge in [0.1, 0.15) is 6.61 Å². The van der Waals surface area contributed by atoms with Gasteiger partial charge in [-0.3, -0.25) is 0 Å². The number of hydrogen-bond acceptors (Lipinski definition) is 1. The van der Waals surface area contributed by atoms with E-state index in [2.05, 4.69) is 5.32 Å². The molecule has 0 fully saturated rings. The van der Waals surface area contributed by atoms with Gasteiger partial charge in [-0.15, -0.1) is 0 Å². The highest BCUT2D eigenvalue weighted by atomic mass is 16.3. The maximum atomic E-state index is 10.4. The fourth-order valence-corrected chi connectivity index (χ4v) is 0.923. The fourth-order valence-electron chi connectivity index (χ4n) is 0.923. The third-order valence-electron chi connectivity index (χ3n) is 1.50. The van der Waals surface area contributed by atoms with Gasteiger partial charge in [0.05, 0.1) is 0 Å². The summed E-state index contributed by atoms with van der Waals surface area (Å²) in [6.45, 7) is 2.82. The predicted octanol–water partition coefficient (Wildman–Crippen LogP) is 2.05. The zero-order valence-electron chi connectivity index (χ0n) is 6.63. The van der Waals surface area contributed by atoms with Gasteiger partial charge in [0.2, 0.25) is 0 Å². The zero-order chi connectivity index (χ0) is 8.10. The average Bonchev–Trinajstić information content (AvgIpc) is 2.07. The van der Waals surface area contributed by atoms with Crippen LogP contribution in [0.15, 0.2) is 24.3 Å². The summed E-state index contributed by atoms with van der Waals surface area (Å²) in [4.78, 5) is 0. The summed E-state index contributed by atoms with van der Waals surface area (Å²) in [5, 5.41) is 13.5. The smallest absolute Gasteiger partial charge is 0.107 e. The highest BCUT2D eigenvalue weighted by Crippen LogP contribution is 2.08. The molecule has 0 aromatic heterocycles. The van der Waals surface area contributed by atoms with Gasteiger partial charge in [-0.25, -0.2) is 5.11 Å². The van der Waals surface area contributed by atoms with E-state index in [1.54, 1.807) is 0 Å². The van der Waals surface area contributed by atoms with Crippen molar-refractivity contribution in [3.63, 3.8) is 0 Å². The van der Waals surface area contributed by atoms with Gasteiger partial charge in [-0.1, -0.05) is 12.1 Å². The second-order valence-electron chi connectivity index (χ2n) is 2.37. The third-order valence-corrected chi connectivity index (χ3v) is 1.50. The molecule has 1 aromatic rings. The summed E-state index contributed by atoms with van der Waals surface area (Å²) in [7, 11) is 0. The van der Waals surface area contributed by atoms with E-state index in [0.717, 1.165) is 17.8 Å². The predicted molar refractivity (Wildman–Crippen MR) is 45.0 cm³/mol. The van der Waals surface area contributed by atoms with Gasteiger partial charge < -0.3 is 5.32 Å². The van der Waals surface area contributed by atoms with E-state index >= 15 is 0 Å². The lowest BCUT2D eigenvalue weighted by atomic mass is 10.2. The van der Waals surface area contributed by atoms with E-state index in [0.29, 0.717) is 0 Å². The lowest BCUT2D eigenvalue weighted by molar-refractivity contribution is 0.177. The number of rotatable bonds is 3. The lowest BCUT2D eigenvalue weighted by Crippen LogP contribution is -1.95. The normalized spacial score (nSPS) is 9.64. The quantitative estimate of drug-likeness (QED) is 0.702. The number of nitrogens with one attached hydrogen (secondary N) is 1. The molecular formula is C9H12NO. The van der Waals surface area contributed by atoms with Crippen LogP contribution in [0.1, 0.15) is 12.5 Å². The maximum absolute atomic E-state index is 10.4. The Bertz CT molecular complexity index is 205. The Balaban J connectivity index is 2.66. The van der Waals surface area contributed by atoms with E-state index < -0.39 is 0 Å². The number of benzene rings is 1. The molecule has 0 saturated carbocycles. The summed E-state index contributed by atoms with van der Waals surface area (Å²) < 4.78 is 0. The van der Waals surface area contributed by atoms with Crippen LogP contribution in [0.4, 0.5) is 5.69 Å². The Hall–Kier alpha value is -1.02. The van der Waals surface area contributed by atoms with Gasteiger partial charge in [-0.05, 0) is 24.6 Å². The second-order valence-corrected chi connectivity index (χ2v) is 2.37.